The summed E-state index contributed by atoms with van der Waals surface area (Å²) in [6.07, 6.45) is 0. The van der Waals surface area contributed by atoms with Crippen molar-refractivity contribution in [2.75, 3.05) is 0 Å². The first-order valence-corrected chi connectivity index (χ1v) is 9.83. The summed E-state index contributed by atoms with van der Waals surface area (Å²) < 4.78 is 24.2. The summed E-state index contributed by atoms with van der Waals surface area (Å²) in [4.78, 5) is 12.1. The SMILES string of the molecule is O=c1cc(CSc2nnc(-c3ccc(F)cc3)o2)c2ccc3ccccc3c2o1. The van der Waals surface area contributed by atoms with Crippen LogP contribution in [0.4, 0.5) is 4.39 Å². The topological polar surface area (TPSA) is 69.1 Å². The number of aromatic nitrogens is 2. The summed E-state index contributed by atoms with van der Waals surface area (Å²) in [7, 11) is 0. The number of benzene rings is 3. The zero-order valence-corrected chi connectivity index (χ0v) is 15.8. The van der Waals surface area contributed by atoms with Crippen molar-refractivity contribution in [1.29, 1.82) is 0 Å². The Kier molecular flexibility index (Phi) is 4.37. The van der Waals surface area contributed by atoms with Crippen molar-refractivity contribution in [3.05, 3.63) is 88.5 Å². The minimum atomic E-state index is -0.401. The number of hydrogen-bond donors (Lipinski definition) is 0. The second-order valence-corrected chi connectivity index (χ2v) is 7.35. The fourth-order valence-electron chi connectivity index (χ4n) is 3.19. The van der Waals surface area contributed by atoms with E-state index in [4.69, 9.17) is 8.83 Å². The molecule has 0 radical (unpaired) electrons. The summed E-state index contributed by atoms with van der Waals surface area (Å²) in [6.45, 7) is 0. The van der Waals surface area contributed by atoms with Crippen molar-refractivity contribution >= 4 is 33.5 Å². The van der Waals surface area contributed by atoms with Crippen molar-refractivity contribution in [3.63, 3.8) is 0 Å². The van der Waals surface area contributed by atoms with Crippen LogP contribution in [-0.4, -0.2) is 10.2 Å². The van der Waals surface area contributed by atoms with E-state index in [9.17, 15) is 9.18 Å². The van der Waals surface area contributed by atoms with Crippen LogP contribution in [-0.2, 0) is 5.75 Å². The lowest BCUT2D eigenvalue weighted by Crippen LogP contribution is -2.00. The lowest BCUT2D eigenvalue weighted by Gasteiger charge is -2.06. The zero-order valence-electron chi connectivity index (χ0n) is 15.0. The molecule has 0 aliphatic heterocycles. The molecule has 5 nitrogen and oxygen atoms in total. The average Bonchev–Trinajstić information content (AvgIpc) is 3.21. The van der Waals surface area contributed by atoms with E-state index in [1.165, 1.54) is 30.0 Å². The number of fused-ring (bicyclic) bond motifs is 3. The molecule has 3 aromatic carbocycles. The Morgan fingerprint density at radius 1 is 0.897 bits per heavy atom. The van der Waals surface area contributed by atoms with Gasteiger partial charge < -0.3 is 8.83 Å². The highest BCUT2D eigenvalue weighted by atomic mass is 32.2. The van der Waals surface area contributed by atoms with E-state index in [-0.39, 0.29) is 5.82 Å². The standard InChI is InChI=1S/C22H13FN2O3S/c23-16-8-5-14(6-9-16)21-24-25-22(28-21)29-12-15-11-19(26)27-20-17-4-2-1-3-13(17)7-10-18(15)20/h1-11H,12H2. The van der Waals surface area contributed by atoms with E-state index in [2.05, 4.69) is 10.2 Å². The second-order valence-electron chi connectivity index (χ2n) is 6.42. The van der Waals surface area contributed by atoms with Gasteiger partial charge in [0.1, 0.15) is 11.4 Å². The van der Waals surface area contributed by atoms with E-state index in [1.807, 2.05) is 36.4 Å². The molecule has 0 N–H and O–H groups in total. The number of nitrogens with zero attached hydrogens (tertiary/aromatic N) is 2. The molecule has 29 heavy (non-hydrogen) atoms. The zero-order chi connectivity index (χ0) is 19.8. The average molecular weight is 404 g/mol. The van der Waals surface area contributed by atoms with Crippen LogP contribution in [0.5, 0.6) is 0 Å². The Morgan fingerprint density at radius 2 is 1.72 bits per heavy atom. The maximum absolute atomic E-state index is 13.1. The molecule has 2 heterocycles. The van der Waals surface area contributed by atoms with Gasteiger partial charge in [-0.1, -0.05) is 48.2 Å². The Labute approximate surface area is 168 Å². The predicted octanol–water partition coefficient (Wildman–Crippen LogP) is 5.43. The van der Waals surface area contributed by atoms with E-state index < -0.39 is 5.63 Å². The van der Waals surface area contributed by atoms with Gasteiger partial charge >= 0.3 is 5.63 Å². The van der Waals surface area contributed by atoms with Crippen LogP contribution >= 0.6 is 11.8 Å². The molecule has 0 spiro atoms. The molecule has 2 aromatic heterocycles. The van der Waals surface area contributed by atoms with Gasteiger partial charge in [0.2, 0.25) is 5.89 Å². The predicted molar refractivity (Wildman–Crippen MR) is 109 cm³/mol. The van der Waals surface area contributed by atoms with Crippen molar-refractivity contribution in [2.24, 2.45) is 0 Å². The Morgan fingerprint density at radius 3 is 2.59 bits per heavy atom. The fourth-order valence-corrected chi connectivity index (χ4v) is 3.95. The summed E-state index contributed by atoms with van der Waals surface area (Å²) in [5, 5.41) is 11.2. The Balaban J connectivity index is 1.46. The first kappa shape index (κ1) is 17.6. The van der Waals surface area contributed by atoms with E-state index >= 15 is 0 Å². The Bertz CT molecular complexity index is 1390. The highest BCUT2D eigenvalue weighted by Gasteiger charge is 2.13. The molecule has 0 saturated carbocycles. The molecular formula is C22H13FN2O3S. The molecule has 0 aliphatic carbocycles. The lowest BCUT2D eigenvalue weighted by atomic mass is 10.0. The summed E-state index contributed by atoms with van der Waals surface area (Å²) >= 11 is 1.33. The number of halogens is 1. The van der Waals surface area contributed by atoms with E-state index in [1.54, 1.807) is 12.1 Å². The molecule has 0 bridgehead atoms. The lowest BCUT2D eigenvalue weighted by molar-refractivity contribution is 0.465. The van der Waals surface area contributed by atoms with Gasteiger partial charge in [-0.05, 0) is 35.2 Å². The normalized spacial score (nSPS) is 11.3. The van der Waals surface area contributed by atoms with Crippen LogP contribution in [0.2, 0.25) is 0 Å². The highest BCUT2D eigenvalue weighted by Crippen LogP contribution is 2.31. The first-order valence-electron chi connectivity index (χ1n) is 8.84. The van der Waals surface area contributed by atoms with Gasteiger partial charge in [0.05, 0.1) is 0 Å². The summed E-state index contributed by atoms with van der Waals surface area (Å²) in [5.74, 6) is 0.451. The number of hydrogen-bond acceptors (Lipinski definition) is 6. The quantitative estimate of drug-likeness (QED) is 0.226. The molecule has 5 aromatic rings. The number of thioether (sulfide) groups is 1. The van der Waals surface area contributed by atoms with Crippen LogP contribution in [0.25, 0.3) is 33.2 Å². The minimum absolute atomic E-state index is 0.316. The van der Waals surface area contributed by atoms with Crippen LogP contribution in [0.1, 0.15) is 5.56 Å². The molecule has 0 fully saturated rings. The fraction of sp³-hybridized carbons (Fsp3) is 0.0455. The van der Waals surface area contributed by atoms with Crippen molar-refractivity contribution in [1.82, 2.24) is 10.2 Å². The van der Waals surface area contributed by atoms with Crippen molar-refractivity contribution in [3.8, 4) is 11.5 Å². The number of rotatable bonds is 4. The van der Waals surface area contributed by atoms with Crippen molar-refractivity contribution in [2.45, 2.75) is 11.0 Å². The van der Waals surface area contributed by atoms with Crippen molar-refractivity contribution < 1.29 is 13.2 Å². The van der Waals surface area contributed by atoms with Crippen LogP contribution in [0, 0.1) is 5.82 Å². The third kappa shape index (κ3) is 3.40. The monoisotopic (exact) mass is 404 g/mol. The molecule has 7 heteroatoms. The molecule has 5 rings (SSSR count). The van der Waals surface area contributed by atoms with E-state index in [0.717, 1.165) is 21.7 Å². The summed E-state index contributed by atoms with van der Waals surface area (Å²) in [6, 6.07) is 19.1. The first-order chi connectivity index (χ1) is 14.2. The van der Waals surface area contributed by atoms with Gasteiger partial charge in [-0.3, -0.25) is 0 Å². The third-order valence-electron chi connectivity index (χ3n) is 4.57. The molecule has 0 unspecified atom stereocenters. The highest BCUT2D eigenvalue weighted by molar-refractivity contribution is 7.98. The maximum Gasteiger partial charge on any atom is 0.336 e. The molecule has 0 saturated heterocycles. The van der Waals surface area contributed by atoms with Crippen LogP contribution in [0.3, 0.4) is 0 Å². The Hall–Kier alpha value is -3.45. The third-order valence-corrected chi connectivity index (χ3v) is 5.44. The minimum Gasteiger partial charge on any atom is -0.422 e. The maximum atomic E-state index is 13.1. The molecule has 142 valence electrons. The molecule has 0 amide bonds. The van der Waals surface area contributed by atoms with Gasteiger partial charge in [0.15, 0.2) is 0 Å². The molecule has 0 atom stereocenters. The van der Waals surface area contributed by atoms with Crippen LogP contribution < -0.4 is 5.63 Å². The molecule has 0 aliphatic rings. The van der Waals surface area contributed by atoms with Crippen LogP contribution in [0.15, 0.2) is 85.6 Å². The van der Waals surface area contributed by atoms with Gasteiger partial charge in [0.25, 0.3) is 5.22 Å². The molecular weight excluding hydrogens is 391 g/mol. The van der Waals surface area contributed by atoms with E-state index in [0.29, 0.717) is 28.0 Å². The smallest absolute Gasteiger partial charge is 0.336 e. The van der Waals surface area contributed by atoms with Gasteiger partial charge in [-0.15, -0.1) is 10.2 Å². The second kappa shape index (κ2) is 7.18. The summed E-state index contributed by atoms with van der Waals surface area (Å²) in [5.41, 5.74) is 1.64. The van der Waals surface area contributed by atoms with Gasteiger partial charge in [-0.25, -0.2) is 9.18 Å². The largest absolute Gasteiger partial charge is 0.422 e. The van der Waals surface area contributed by atoms with Gasteiger partial charge in [0, 0.05) is 28.2 Å². The van der Waals surface area contributed by atoms with Gasteiger partial charge in [-0.2, -0.15) is 0 Å².